The van der Waals surface area contributed by atoms with Gasteiger partial charge in [-0.2, -0.15) is 4.98 Å². The molecule has 0 aliphatic heterocycles. The SMILES string of the molecule is CN=C(NCc1nc(C)no1)NCC(C)Oc1cccc(C)c1. The summed E-state index contributed by atoms with van der Waals surface area (Å²) >= 11 is 0. The molecule has 0 saturated heterocycles. The van der Waals surface area contributed by atoms with Crippen LogP contribution in [0.1, 0.15) is 24.2 Å². The van der Waals surface area contributed by atoms with E-state index in [0.29, 0.717) is 30.8 Å². The molecule has 1 heterocycles. The Balaban J connectivity index is 1.76. The van der Waals surface area contributed by atoms with Crippen LogP contribution < -0.4 is 15.4 Å². The monoisotopic (exact) mass is 317 g/mol. The molecule has 7 nitrogen and oxygen atoms in total. The van der Waals surface area contributed by atoms with Gasteiger partial charge in [-0.25, -0.2) is 0 Å². The van der Waals surface area contributed by atoms with Gasteiger partial charge in [0.15, 0.2) is 11.8 Å². The van der Waals surface area contributed by atoms with Crippen LogP contribution >= 0.6 is 0 Å². The lowest BCUT2D eigenvalue weighted by Gasteiger charge is -2.17. The molecule has 23 heavy (non-hydrogen) atoms. The molecule has 124 valence electrons. The molecule has 1 aromatic carbocycles. The highest BCUT2D eigenvalue weighted by molar-refractivity contribution is 5.79. The van der Waals surface area contributed by atoms with E-state index in [0.717, 1.165) is 5.75 Å². The molecule has 0 bridgehead atoms. The van der Waals surface area contributed by atoms with Crippen molar-refractivity contribution >= 4 is 5.96 Å². The van der Waals surface area contributed by atoms with Crippen molar-refractivity contribution in [1.82, 2.24) is 20.8 Å². The molecular formula is C16H23N5O2. The Kier molecular flexibility index (Phi) is 5.96. The van der Waals surface area contributed by atoms with Gasteiger partial charge in [0, 0.05) is 7.05 Å². The number of nitrogens with one attached hydrogen (secondary N) is 2. The van der Waals surface area contributed by atoms with E-state index in [2.05, 4.69) is 25.8 Å². The second-order valence-corrected chi connectivity index (χ2v) is 5.29. The molecule has 2 rings (SSSR count). The highest BCUT2D eigenvalue weighted by atomic mass is 16.5. The highest BCUT2D eigenvalue weighted by Gasteiger charge is 2.07. The second-order valence-electron chi connectivity index (χ2n) is 5.29. The number of aryl methyl sites for hydroxylation is 2. The molecule has 0 radical (unpaired) electrons. The Morgan fingerprint density at radius 2 is 2.17 bits per heavy atom. The zero-order chi connectivity index (χ0) is 16.7. The van der Waals surface area contributed by atoms with Crippen LogP contribution in [0.25, 0.3) is 0 Å². The third-order valence-corrected chi connectivity index (χ3v) is 3.08. The lowest BCUT2D eigenvalue weighted by atomic mass is 10.2. The van der Waals surface area contributed by atoms with Crippen molar-refractivity contribution in [3.8, 4) is 5.75 Å². The predicted octanol–water partition coefficient (Wildman–Crippen LogP) is 1.82. The first-order valence-corrected chi connectivity index (χ1v) is 7.54. The summed E-state index contributed by atoms with van der Waals surface area (Å²) in [5.41, 5.74) is 1.18. The summed E-state index contributed by atoms with van der Waals surface area (Å²) < 4.78 is 10.9. The molecular weight excluding hydrogens is 294 g/mol. The second kappa shape index (κ2) is 8.17. The van der Waals surface area contributed by atoms with E-state index in [4.69, 9.17) is 9.26 Å². The van der Waals surface area contributed by atoms with E-state index in [1.165, 1.54) is 5.56 Å². The van der Waals surface area contributed by atoms with Crippen molar-refractivity contribution in [2.75, 3.05) is 13.6 Å². The number of hydrogen-bond donors (Lipinski definition) is 2. The van der Waals surface area contributed by atoms with Crippen LogP contribution in [0.4, 0.5) is 0 Å². The van der Waals surface area contributed by atoms with E-state index in [9.17, 15) is 0 Å². The fraction of sp³-hybridized carbons (Fsp3) is 0.438. The Bertz CT molecular complexity index is 653. The Hall–Kier alpha value is -2.57. The third-order valence-electron chi connectivity index (χ3n) is 3.08. The largest absolute Gasteiger partial charge is 0.489 e. The molecule has 2 aromatic rings. The number of aromatic nitrogens is 2. The number of benzene rings is 1. The Labute approximate surface area is 136 Å². The quantitative estimate of drug-likeness (QED) is 0.624. The molecule has 7 heteroatoms. The van der Waals surface area contributed by atoms with Crippen LogP contribution in [0.15, 0.2) is 33.8 Å². The molecule has 0 aliphatic rings. The van der Waals surface area contributed by atoms with Crippen molar-refractivity contribution in [3.05, 3.63) is 41.5 Å². The van der Waals surface area contributed by atoms with Gasteiger partial charge in [0.05, 0.1) is 13.1 Å². The third kappa shape index (κ3) is 5.61. The molecule has 0 aliphatic carbocycles. The zero-order valence-electron chi connectivity index (χ0n) is 14.0. The topological polar surface area (TPSA) is 84.6 Å². The van der Waals surface area contributed by atoms with Gasteiger partial charge in [0.1, 0.15) is 11.9 Å². The number of nitrogens with zero attached hydrogens (tertiary/aromatic N) is 3. The number of guanidine groups is 1. The predicted molar refractivity (Wildman–Crippen MR) is 88.5 cm³/mol. The Morgan fingerprint density at radius 1 is 1.35 bits per heavy atom. The van der Waals surface area contributed by atoms with Crippen molar-refractivity contribution in [1.29, 1.82) is 0 Å². The maximum atomic E-state index is 5.87. The van der Waals surface area contributed by atoms with E-state index < -0.39 is 0 Å². The summed E-state index contributed by atoms with van der Waals surface area (Å²) in [7, 11) is 1.71. The average molecular weight is 317 g/mol. The summed E-state index contributed by atoms with van der Waals surface area (Å²) in [5.74, 6) is 2.66. The standard InChI is InChI=1S/C16H23N5O2/c1-11-6-5-7-14(8-11)22-12(2)9-18-16(17-4)19-10-15-20-13(3)21-23-15/h5-8,12H,9-10H2,1-4H3,(H2,17,18,19). The van der Waals surface area contributed by atoms with Crippen LogP contribution in [-0.2, 0) is 6.54 Å². The van der Waals surface area contributed by atoms with Gasteiger partial charge in [0.2, 0.25) is 5.89 Å². The molecule has 0 saturated carbocycles. The summed E-state index contributed by atoms with van der Waals surface area (Å²) in [6.07, 6.45) is 0.000925. The molecule has 1 aromatic heterocycles. The number of rotatable bonds is 6. The van der Waals surface area contributed by atoms with Crippen molar-refractivity contribution in [2.45, 2.75) is 33.4 Å². The van der Waals surface area contributed by atoms with E-state index >= 15 is 0 Å². The fourth-order valence-corrected chi connectivity index (χ4v) is 1.99. The summed E-state index contributed by atoms with van der Waals surface area (Å²) in [5, 5.41) is 10.1. The minimum Gasteiger partial charge on any atom is -0.489 e. The van der Waals surface area contributed by atoms with E-state index in [1.807, 2.05) is 38.1 Å². The van der Waals surface area contributed by atoms with Crippen LogP contribution in [0.2, 0.25) is 0 Å². The molecule has 0 fully saturated rings. The number of hydrogen-bond acceptors (Lipinski definition) is 5. The van der Waals surface area contributed by atoms with Gasteiger partial charge < -0.3 is 19.9 Å². The average Bonchev–Trinajstić information content (AvgIpc) is 2.93. The first kappa shape index (κ1) is 16.8. The van der Waals surface area contributed by atoms with Crippen LogP contribution in [0.5, 0.6) is 5.75 Å². The van der Waals surface area contributed by atoms with Crippen molar-refractivity contribution < 1.29 is 9.26 Å². The summed E-state index contributed by atoms with van der Waals surface area (Å²) in [6, 6.07) is 7.99. The molecule has 0 spiro atoms. The highest BCUT2D eigenvalue weighted by Crippen LogP contribution is 2.13. The van der Waals surface area contributed by atoms with Crippen LogP contribution in [-0.4, -0.2) is 35.8 Å². The minimum absolute atomic E-state index is 0.000925. The van der Waals surface area contributed by atoms with Crippen LogP contribution in [0, 0.1) is 13.8 Å². The molecule has 0 amide bonds. The maximum Gasteiger partial charge on any atom is 0.246 e. The van der Waals surface area contributed by atoms with E-state index in [-0.39, 0.29) is 6.10 Å². The van der Waals surface area contributed by atoms with Crippen molar-refractivity contribution in [2.24, 2.45) is 4.99 Å². The minimum atomic E-state index is 0.000925. The zero-order valence-corrected chi connectivity index (χ0v) is 14.0. The Morgan fingerprint density at radius 3 is 2.83 bits per heavy atom. The van der Waals surface area contributed by atoms with Crippen LogP contribution in [0.3, 0.4) is 0 Å². The smallest absolute Gasteiger partial charge is 0.246 e. The summed E-state index contributed by atoms with van der Waals surface area (Å²) in [4.78, 5) is 8.28. The first-order chi connectivity index (χ1) is 11.1. The first-order valence-electron chi connectivity index (χ1n) is 7.54. The molecule has 1 unspecified atom stereocenters. The van der Waals surface area contributed by atoms with Crippen molar-refractivity contribution in [3.63, 3.8) is 0 Å². The molecule has 2 N–H and O–H groups in total. The van der Waals surface area contributed by atoms with Gasteiger partial charge in [-0.05, 0) is 38.5 Å². The van der Waals surface area contributed by atoms with Gasteiger partial charge in [-0.1, -0.05) is 17.3 Å². The molecule has 1 atom stereocenters. The lowest BCUT2D eigenvalue weighted by Crippen LogP contribution is -2.41. The maximum absolute atomic E-state index is 5.87. The number of aliphatic imine (C=N–C) groups is 1. The fourth-order valence-electron chi connectivity index (χ4n) is 1.99. The normalized spacial score (nSPS) is 12.8. The van der Waals surface area contributed by atoms with Gasteiger partial charge in [-0.15, -0.1) is 0 Å². The summed E-state index contributed by atoms with van der Waals surface area (Å²) in [6.45, 7) is 6.87. The van der Waals surface area contributed by atoms with Gasteiger partial charge >= 0.3 is 0 Å². The number of ether oxygens (including phenoxy) is 1. The van der Waals surface area contributed by atoms with E-state index in [1.54, 1.807) is 14.0 Å². The van der Waals surface area contributed by atoms with Gasteiger partial charge in [0.25, 0.3) is 0 Å². The lowest BCUT2D eigenvalue weighted by molar-refractivity contribution is 0.223. The van der Waals surface area contributed by atoms with Gasteiger partial charge in [-0.3, -0.25) is 4.99 Å².